The van der Waals surface area contributed by atoms with E-state index in [2.05, 4.69) is 43.0 Å². The molecule has 3 heteroatoms. The summed E-state index contributed by atoms with van der Waals surface area (Å²) >= 11 is 1.99. The monoisotopic (exact) mass is 286 g/mol. The van der Waals surface area contributed by atoms with Crippen LogP contribution in [-0.2, 0) is 11.5 Å². The van der Waals surface area contributed by atoms with Gasteiger partial charge in [0.25, 0.3) is 0 Å². The molecule has 1 aliphatic rings. The second kappa shape index (κ2) is 6.04. The van der Waals surface area contributed by atoms with Gasteiger partial charge in [-0.3, -0.25) is 4.98 Å². The molecule has 2 nitrogen and oxygen atoms in total. The lowest BCUT2D eigenvalue weighted by molar-refractivity contribution is 0.731. The van der Waals surface area contributed by atoms with E-state index < -0.39 is 0 Å². The van der Waals surface area contributed by atoms with E-state index in [-0.39, 0.29) is 0 Å². The van der Waals surface area contributed by atoms with Crippen LogP contribution in [0.5, 0.6) is 0 Å². The van der Waals surface area contributed by atoms with Gasteiger partial charge in [0.1, 0.15) is 0 Å². The number of hydrogen-bond acceptors (Lipinski definition) is 3. The van der Waals surface area contributed by atoms with Gasteiger partial charge in [-0.25, -0.2) is 0 Å². The number of thioether (sulfide) groups is 1. The molecule has 0 fully saturated rings. The lowest BCUT2D eigenvalue weighted by Crippen LogP contribution is -2.25. The van der Waals surface area contributed by atoms with E-state index in [0.29, 0.717) is 0 Å². The second-order valence-corrected chi connectivity index (χ2v) is 6.31. The Morgan fingerprint density at radius 1 is 1.20 bits per heavy atom. The largest absolute Gasteiger partial charge is 0.371 e. The van der Waals surface area contributed by atoms with Gasteiger partial charge in [-0.2, -0.15) is 11.8 Å². The summed E-state index contributed by atoms with van der Waals surface area (Å²) in [6.45, 7) is 6.75. The Labute approximate surface area is 125 Å². The highest BCUT2D eigenvalue weighted by Gasteiger charge is 2.22. The minimum absolute atomic E-state index is 1.07. The van der Waals surface area contributed by atoms with Crippen LogP contribution in [0.4, 0.5) is 5.69 Å². The first-order valence-corrected chi connectivity index (χ1v) is 8.73. The van der Waals surface area contributed by atoms with Gasteiger partial charge in [0, 0.05) is 35.5 Å². The van der Waals surface area contributed by atoms with Gasteiger partial charge >= 0.3 is 0 Å². The zero-order valence-electron chi connectivity index (χ0n) is 12.4. The summed E-state index contributed by atoms with van der Waals surface area (Å²) in [6, 6.07) is 8.61. The SMILES string of the molecule is CCCCN(CC)c1c2c(nc3ccccc13)CSC2. The van der Waals surface area contributed by atoms with Crippen molar-refractivity contribution in [3.05, 3.63) is 35.5 Å². The van der Waals surface area contributed by atoms with E-state index in [1.807, 2.05) is 11.8 Å². The van der Waals surface area contributed by atoms with E-state index in [9.17, 15) is 0 Å². The molecule has 1 aromatic heterocycles. The average molecular weight is 286 g/mol. The summed E-state index contributed by atoms with van der Waals surface area (Å²) in [4.78, 5) is 7.42. The minimum atomic E-state index is 1.07. The Kier molecular flexibility index (Phi) is 4.16. The molecular formula is C17H22N2S. The number of unbranched alkanes of at least 4 members (excludes halogenated alkanes) is 1. The summed E-state index contributed by atoms with van der Waals surface area (Å²) in [7, 11) is 0. The molecule has 0 N–H and O–H groups in total. The Bertz CT molecular complexity index is 609. The maximum Gasteiger partial charge on any atom is 0.0726 e. The third-order valence-electron chi connectivity index (χ3n) is 4.01. The summed E-state index contributed by atoms with van der Waals surface area (Å²) < 4.78 is 0. The van der Waals surface area contributed by atoms with Crippen molar-refractivity contribution in [1.29, 1.82) is 0 Å². The quantitative estimate of drug-likeness (QED) is 0.798. The van der Waals surface area contributed by atoms with Crippen molar-refractivity contribution in [3.63, 3.8) is 0 Å². The first-order valence-electron chi connectivity index (χ1n) is 7.58. The molecule has 2 aromatic rings. The molecule has 20 heavy (non-hydrogen) atoms. The molecule has 0 radical (unpaired) electrons. The van der Waals surface area contributed by atoms with Gasteiger partial charge in [0.2, 0.25) is 0 Å². The van der Waals surface area contributed by atoms with Crippen LogP contribution in [0.25, 0.3) is 10.9 Å². The van der Waals surface area contributed by atoms with Crippen molar-refractivity contribution < 1.29 is 0 Å². The van der Waals surface area contributed by atoms with E-state index in [1.165, 1.54) is 35.2 Å². The minimum Gasteiger partial charge on any atom is -0.371 e. The van der Waals surface area contributed by atoms with Gasteiger partial charge in [-0.1, -0.05) is 31.5 Å². The summed E-state index contributed by atoms with van der Waals surface area (Å²) in [5.74, 6) is 2.18. The van der Waals surface area contributed by atoms with Crippen LogP contribution in [0.3, 0.4) is 0 Å². The van der Waals surface area contributed by atoms with Crippen molar-refractivity contribution in [3.8, 4) is 0 Å². The van der Waals surface area contributed by atoms with Crippen LogP contribution in [0.2, 0.25) is 0 Å². The topological polar surface area (TPSA) is 16.1 Å². The number of anilines is 1. The van der Waals surface area contributed by atoms with E-state index in [0.717, 1.165) is 30.1 Å². The second-order valence-electron chi connectivity index (χ2n) is 5.33. The first-order chi connectivity index (χ1) is 9.85. The maximum atomic E-state index is 4.87. The number of rotatable bonds is 5. The fourth-order valence-corrected chi connectivity index (χ4v) is 3.98. The standard InChI is InChI=1S/C17H22N2S/c1-3-5-10-19(4-2)17-13-8-6-7-9-15(13)18-16-12-20-11-14(16)17/h6-9H,3-5,10-12H2,1-2H3. The third kappa shape index (κ3) is 2.39. The molecule has 0 aliphatic carbocycles. The average Bonchev–Trinajstić information content (AvgIpc) is 2.94. The maximum absolute atomic E-state index is 4.87. The molecule has 0 spiro atoms. The van der Waals surface area contributed by atoms with Crippen LogP contribution in [0, 0.1) is 0 Å². The van der Waals surface area contributed by atoms with Gasteiger partial charge < -0.3 is 4.90 Å². The first kappa shape index (κ1) is 13.7. The van der Waals surface area contributed by atoms with Crippen LogP contribution >= 0.6 is 11.8 Å². The summed E-state index contributed by atoms with van der Waals surface area (Å²) in [6.07, 6.45) is 2.50. The number of fused-ring (bicyclic) bond motifs is 2. The van der Waals surface area contributed by atoms with Gasteiger partial charge in [0.15, 0.2) is 0 Å². The van der Waals surface area contributed by atoms with Crippen molar-refractivity contribution in [2.75, 3.05) is 18.0 Å². The lowest BCUT2D eigenvalue weighted by Gasteiger charge is -2.27. The molecule has 0 atom stereocenters. The number of pyridine rings is 1. The molecular weight excluding hydrogens is 264 g/mol. The predicted molar refractivity (Wildman–Crippen MR) is 89.5 cm³/mol. The van der Waals surface area contributed by atoms with Crippen LogP contribution in [0.15, 0.2) is 24.3 Å². The fraction of sp³-hybridized carbons (Fsp3) is 0.471. The number of para-hydroxylation sites is 1. The van der Waals surface area contributed by atoms with Gasteiger partial charge in [-0.05, 0) is 19.4 Å². The molecule has 106 valence electrons. The third-order valence-corrected chi connectivity index (χ3v) is 4.98. The fourth-order valence-electron chi connectivity index (χ4n) is 2.94. The summed E-state index contributed by atoms with van der Waals surface area (Å²) in [5, 5.41) is 1.33. The summed E-state index contributed by atoms with van der Waals surface area (Å²) in [5.41, 5.74) is 5.38. The normalized spacial score (nSPS) is 13.7. The van der Waals surface area contributed by atoms with Crippen molar-refractivity contribution >= 4 is 28.4 Å². The van der Waals surface area contributed by atoms with Crippen LogP contribution < -0.4 is 4.90 Å². The zero-order valence-corrected chi connectivity index (χ0v) is 13.2. The molecule has 0 saturated carbocycles. The number of hydrogen-bond donors (Lipinski definition) is 0. The lowest BCUT2D eigenvalue weighted by atomic mass is 10.1. The number of aromatic nitrogens is 1. The zero-order chi connectivity index (χ0) is 13.9. The van der Waals surface area contributed by atoms with Crippen LogP contribution in [0.1, 0.15) is 37.9 Å². The van der Waals surface area contributed by atoms with Crippen molar-refractivity contribution in [2.45, 2.75) is 38.2 Å². The molecule has 1 aromatic carbocycles. The van der Waals surface area contributed by atoms with Crippen molar-refractivity contribution in [1.82, 2.24) is 4.98 Å². The Morgan fingerprint density at radius 2 is 2.05 bits per heavy atom. The number of benzene rings is 1. The molecule has 0 bridgehead atoms. The molecule has 2 heterocycles. The highest BCUT2D eigenvalue weighted by atomic mass is 32.2. The molecule has 0 amide bonds. The van der Waals surface area contributed by atoms with E-state index in [1.54, 1.807) is 0 Å². The van der Waals surface area contributed by atoms with E-state index >= 15 is 0 Å². The molecule has 3 rings (SSSR count). The Morgan fingerprint density at radius 3 is 2.85 bits per heavy atom. The smallest absolute Gasteiger partial charge is 0.0726 e. The van der Waals surface area contributed by atoms with Gasteiger partial charge in [0.05, 0.1) is 16.9 Å². The number of nitrogens with zero attached hydrogens (tertiary/aromatic N) is 2. The predicted octanol–water partition coefficient (Wildman–Crippen LogP) is 4.61. The molecule has 0 unspecified atom stereocenters. The van der Waals surface area contributed by atoms with Gasteiger partial charge in [-0.15, -0.1) is 0 Å². The Balaban J connectivity index is 2.16. The molecule has 0 saturated heterocycles. The molecule has 1 aliphatic heterocycles. The van der Waals surface area contributed by atoms with Crippen molar-refractivity contribution in [2.24, 2.45) is 0 Å². The Hall–Kier alpha value is -1.22. The van der Waals surface area contributed by atoms with Crippen LogP contribution in [-0.4, -0.2) is 18.1 Å². The highest BCUT2D eigenvalue weighted by Crippen LogP contribution is 2.40. The van der Waals surface area contributed by atoms with E-state index in [4.69, 9.17) is 4.98 Å². The highest BCUT2D eigenvalue weighted by molar-refractivity contribution is 7.98.